The molecule has 1 heterocycles. The summed E-state index contributed by atoms with van der Waals surface area (Å²) in [5, 5.41) is 0. The number of nitrogens with zero attached hydrogens (tertiary/aromatic N) is 1. The third-order valence-corrected chi connectivity index (χ3v) is 1.93. The normalized spacial score (nSPS) is 12.9. The van der Waals surface area contributed by atoms with E-state index >= 15 is 0 Å². The monoisotopic (exact) mass is 150 g/mol. The first-order valence-electron chi connectivity index (χ1n) is 3.98. The van der Waals surface area contributed by atoms with E-state index in [1.807, 2.05) is 12.3 Å². The van der Waals surface area contributed by atoms with E-state index in [1.54, 1.807) is 6.20 Å². The first-order valence-corrected chi connectivity index (χ1v) is 3.98. The molecule has 11 heavy (non-hydrogen) atoms. The topological polar surface area (TPSA) is 38.9 Å². The van der Waals surface area contributed by atoms with Crippen molar-refractivity contribution in [2.24, 2.45) is 5.73 Å². The largest absolute Gasteiger partial charge is 0.330 e. The molecule has 0 fully saturated rings. The van der Waals surface area contributed by atoms with E-state index in [0.717, 1.165) is 6.42 Å². The zero-order chi connectivity index (χ0) is 8.10. The lowest BCUT2D eigenvalue weighted by molar-refractivity contribution is 0.671. The molecule has 0 amide bonds. The van der Waals surface area contributed by atoms with E-state index in [-0.39, 0.29) is 0 Å². The third kappa shape index (κ3) is 2.02. The molecule has 0 radical (unpaired) electrons. The molecule has 0 aliphatic carbocycles. The van der Waals surface area contributed by atoms with Gasteiger partial charge in [-0.25, -0.2) is 0 Å². The molecule has 60 valence electrons. The summed E-state index contributed by atoms with van der Waals surface area (Å²) in [7, 11) is 0. The van der Waals surface area contributed by atoms with E-state index < -0.39 is 0 Å². The molecular formula is C9H14N2. The zero-order valence-electron chi connectivity index (χ0n) is 6.83. The van der Waals surface area contributed by atoms with Crippen LogP contribution in [0.4, 0.5) is 0 Å². The van der Waals surface area contributed by atoms with Crippen LogP contribution in [0.5, 0.6) is 0 Å². The summed E-state index contributed by atoms with van der Waals surface area (Å²) in [6, 6.07) is 4.03. The molecule has 0 aliphatic rings. The Morgan fingerprint density at radius 2 is 2.45 bits per heavy atom. The first-order chi connectivity index (χ1) is 5.38. The highest BCUT2D eigenvalue weighted by Crippen LogP contribution is 2.15. The lowest BCUT2D eigenvalue weighted by Crippen LogP contribution is -2.11. The Kier molecular flexibility index (Phi) is 3.05. The Morgan fingerprint density at radius 1 is 1.64 bits per heavy atom. The SMILES string of the molecule is CCC(CN)c1cccnc1. The van der Waals surface area contributed by atoms with Crippen LogP contribution in [-0.4, -0.2) is 11.5 Å². The minimum atomic E-state index is 0.476. The highest BCUT2D eigenvalue weighted by Gasteiger charge is 2.05. The molecule has 2 heteroatoms. The van der Waals surface area contributed by atoms with E-state index in [0.29, 0.717) is 12.5 Å². The molecule has 1 atom stereocenters. The molecule has 2 nitrogen and oxygen atoms in total. The van der Waals surface area contributed by atoms with Crippen LogP contribution in [0, 0.1) is 0 Å². The average molecular weight is 150 g/mol. The van der Waals surface area contributed by atoms with Gasteiger partial charge in [-0.1, -0.05) is 13.0 Å². The first kappa shape index (κ1) is 8.21. The average Bonchev–Trinajstić information content (AvgIpc) is 2.09. The quantitative estimate of drug-likeness (QED) is 0.709. The van der Waals surface area contributed by atoms with Gasteiger partial charge < -0.3 is 5.73 Å². The minimum absolute atomic E-state index is 0.476. The summed E-state index contributed by atoms with van der Waals surface area (Å²) in [6.07, 6.45) is 4.76. The van der Waals surface area contributed by atoms with E-state index in [4.69, 9.17) is 5.73 Å². The molecule has 1 unspecified atom stereocenters. The molecule has 0 saturated heterocycles. The van der Waals surface area contributed by atoms with Crippen molar-refractivity contribution < 1.29 is 0 Å². The summed E-state index contributed by atoms with van der Waals surface area (Å²) < 4.78 is 0. The molecule has 0 saturated carbocycles. The van der Waals surface area contributed by atoms with Crippen LogP contribution in [0.3, 0.4) is 0 Å². The molecule has 0 spiro atoms. The number of hydrogen-bond acceptors (Lipinski definition) is 2. The van der Waals surface area contributed by atoms with Crippen molar-refractivity contribution in [1.29, 1.82) is 0 Å². The van der Waals surface area contributed by atoms with Crippen molar-refractivity contribution in [1.82, 2.24) is 4.98 Å². The number of pyridine rings is 1. The highest BCUT2D eigenvalue weighted by molar-refractivity contribution is 5.14. The van der Waals surface area contributed by atoms with Gasteiger partial charge in [0.05, 0.1) is 0 Å². The molecule has 0 bridgehead atoms. The fourth-order valence-corrected chi connectivity index (χ4v) is 1.16. The predicted molar refractivity (Wildman–Crippen MR) is 46.3 cm³/mol. The molecule has 1 aromatic rings. The van der Waals surface area contributed by atoms with Crippen LogP contribution < -0.4 is 5.73 Å². The van der Waals surface area contributed by atoms with Crippen LogP contribution in [0.2, 0.25) is 0 Å². The van der Waals surface area contributed by atoms with Crippen molar-refractivity contribution in [2.75, 3.05) is 6.54 Å². The zero-order valence-corrected chi connectivity index (χ0v) is 6.83. The van der Waals surface area contributed by atoms with E-state index in [2.05, 4.69) is 18.0 Å². The molecule has 2 N–H and O–H groups in total. The van der Waals surface area contributed by atoms with Gasteiger partial charge in [-0.05, 0) is 30.5 Å². The lowest BCUT2D eigenvalue weighted by Gasteiger charge is -2.10. The van der Waals surface area contributed by atoms with Crippen molar-refractivity contribution in [3.8, 4) is 0 Å². The molecule has 1 aromatic heterocycles. The Bertz CT molecular complexity index is 192. The Labute approximate surface area is 67.5 Å². The van der Waals surface area contributed by atoms with Crippen LogP contribution in [0.25, 0.3) is 0 Å². The molecule has 0 aromatic carbocycles. The van der Waals surface area contributed by atoms with E-state index in [1.165, 1.54) is 5.56 Å². The van der Waals surface area contributed by atoms with Crippen LogP contribution in [0.15, 0.2) is 24.5 Å². The van der Waals surface area contributed by atoms with Crippen molar-refractivity contribution in [3.05, 3.63) is 30.1 Å². The Balaban J connectivity index is 2.74. The lowest BCUT2D eigenvalue weighted by atomic mass is 9.99. The summed E-state index contributed by atoms with van der Waals surface area (Å²) in [5.74, 6) is 0.476. The van der Waals surface area contributed by atoms with Crippen LogP contribution >= 0.6 is 0 Å². The summed E-state index contributed by atoms with van der Waals surface area (Å²) in [4.78, 5) is 4.05. The molecular weight excluding hydrogens is 136 g/mol. The summed E-state index contributed by atoms with van der Waals surface area (Å²) in [5.41, 5.74) is 6.84. The number of aromatic nitrogens is 1. The number of hydrogen-bond donors (Lipinski definition) is 1. The standard InChI is InChI=1S/C9H14N2/c1-2-8(6-10)9-4-3-5-11-7-9/h3-5,7-8H,2,6,10H2,1H3. The highest BCUT2D eigenvalue weighted by atomic mass is 14.6. The fraction of sp³-hybridized carbons (Fsp3) is 0.444. The Morgan fingerprint density at radius 3 is 2.91 bits per heavy atom. The fourth-order valence-electron chi connectivity index (χ4n) is 1.16. The van der Waals surface area contributed by atoms with Gasteiger partial charge in [-0.3, -0.25) is 4.98 Å². The van der Waals surface area contributed by atoms with Gasteiger partial charge in [0, 0.05) is 12.4 Å². The van der Waals surface area contributed by atoms with Crippen molar-refractivity contribution in [3.63, 3.8) is 0 Å². The van der Waals surface area contributed by atoms with Gasteiger partial charge in [0.15, 0.2) is 0 Å². The summed E-state index contributed by atoms with van der Waals surface area (Å²) in [6.45, 7) is 2.85. The van der Waals surface area contributed by atoms with Gasteiger partial charge in [-0.15, -0.1) is 0 Å². The Hall–Kier alpha value is -0.890. The van der Waals surface area contributed by atoms with Gasteiger partial charge in [-0.2, -0.15) is 0 Å². The maximum atomic E-state index is 5.59. The third-order valence-electron chi connectivity index (χ3n) is 1.93. The maximum absolute atomic E-state index is 5.59. The number of nitrogens with two attached hydrogens (primary N) is 1. The van der Waals surface area contributed by atoms with Gasteiger partial charge in [0.2, 0.25) is 0 Å². The smallest absolute Gasteiger partial charge is 0.0303 e. The predicted octanol–water partition coefficient (Wildman–Crippen LogP) is 1.53. The van der Waals surface area contributed by atoms with Crippen LogP contribution in [-0.2, 0) is 0 Å². The van der Waals surface area contributed by atoms with E-state index in [9.17, 15) is 0 Å². The van der Waals surface area contributed by atoms with Crippen LogP contribution in [0.1, 0.15) is 24.8 Å². The number of rotatable bonds is 3. The second-order valence-corrected chi connectivity index (χ2v) is 2.63. The second-order valence-electron chi connectivity index (χ2n) is 2.63. The van der Waals surface area contributed by atoms with Gasteiger partial charge in [0.25, 0.3) is 0 Å². The molecule has 0 aliphatic heterocycles. The second kappa shape index (κ2) is 4.09. The minimum Gasteiger partial charge on any atom is -0.330 e. The molecule has 1 rings (SSSR count). The summed E-state index contributed by atoms with van der Waals surface area (Å²) >= 11 is 0. The van der Waals surface area contributed by atoms with Gasteiger partial charge >= 0.3 is 0 Å². The van der Waals surface area contributed by atoms with Crippen molar-refractivity contribution >= 4 is 0 Å². The van der Waals surface area contributed by atoms with Gasteiger partial charge in [0.1, 0.15) is 0 Å². The van der Waals surface area contributed by atoms with Crippen molar-refractivity contribution in [2.45, 2.75) is 19.3 Å². The maximum Gasteiger partial charge on any atom is 0.0303 e.